The lowest BCUT2D eigenvalue weighted by Gasteiger charge is -2.66. The SMILES string of the molecule is C[C@]12CCCCC1CC[C@@H]1[C@@H]2CC[C@]2(C)[C@@H]3CC[C@]12OC1OC(=O)C=C13. The molecule has 8 atom stereocenters. The van der Waals surface area contributed by atoms with Gasteiger partial charge in [0.05, 0.1) is 5.60 Å². The highest BCUT2D eigenvalue weighted by atomic mass is 16.7. The van der Waals surface area contributed by atoms with Crippen molar-refractivity contribution in [1.82, 2.24) is 0 Å². The highest BCUT2D eigenvalue weighted by Crippen LogP contribution is 2.73. The minimum atomic E-state index is -0.376. The second-order valence-corrected chi connectivity index (χ2v) is 10.7. The molecule has 5 fully saturated rings. The van der Waals surface area contributed by atoms with Crippen molar-refractivity contribution in [3.63, 3.8) is 0 Å². The molecule has 2 heterocycles. The van der Waals surface area contributed by atoms with Gasteiger partial charge in [-0.15, -0.1) is 0 Å². The molecule has 142 valence electrons. The number of rotatable bonds is 0. The second kappa shape index (κ2) is 4.96. The van der Waals surface area contributed by atoms with E-state index in [9.17, 15) is 4.79 Å². The normalized spacial score (nSPS) is 57.4. The Hall–Kier alpha value is -0.830. The van der Waals surface area contributed by atoms with Crippen molar-refractivity contribution in [3.8, 4) is 0 Å². The van der Waals surface area contributed by atoms with Gasteiger partial charge in [-0.25, -0.2) is 4.79 Å². The van der Waals surface area contributed by atoms with Crippen molar-refractivity contribution < 1.29 is 14.3 Å². The van der Waals surface area contributed by atoms with E-state index in [0.29, 0.717) is 17.3 Å². The van der Waals surface area contributed by atoms with Crippen LogP contribution < -0.4 is 0 Å². The molecule has 2 unspecified atom stereocenters. The fourth-order valence-electron chi connectivity index (χ4n) is 9.01. The summed E-state index contributed by atoms with van der Waals surface area (Å²) >= 11 is 0. The van der Waals surface area contributed by atoms with Gasteiger partial charge in [0.2, 0.25) is 6.29 Å². The highest BCUT2D eigenvalue weighted by Gasteiger charge is 2.72. The Kier molecular flexibility index (Phi) is 3.08. The van der Waals surface area contributed by atoms with Crippen LogP contribution in [0.15, 0.2) is 11.6 Å². The van der Waals surface area contributed by atoms with Crippen molar-refractivity contribution in [2.45, 2.75) is 89.9 Å². The van der Waals surface area contributed by atoms with Gasteiger partial charge in [0.15, 0.2) is 0 Å². The molecule has 0 N–H and O–H groups in total. The van der Waals surface area contributed by atoms with Crippen LogP contribution in [0.3, 0.4) is 0 Å². The average Bonchev–Trinajstić information content (AvgIpc) is 3.06. The van der Waals surface area contributed by atoms with Gasteiger partial charge in [-0.2, -0.15) is 0 Å². The summed E-state index contributed by atoms with van der Waals surface area (Å²) in [6.07, 6.45) is 14.8. The fourth-order valence-corrected chi connectivity index (χ4v) is 9.01. The first-order chi connectivity index (χ1) is 12.5. The number of hydrogen-bond donors (Lipinski definition) is 0. The summed E-state index contributed by atoms with van der Waals surface area (Å²) < 4.78 is 12.4. The van der Waals surface area contributed by atoms with Crippen LogP contribution in [-0.4, -0.2) is 17.9 Å². The standard InChI is InChI=1S/C23H32O3/c1-21-10-4-3-5-14(21)6-7-18-17(21)8-11-22(2)16-9-12-23(18,22)26-20-15(16)13-19(24)25-20/h13-14,16-18,20H,3-12H2,1-2H3/t14?,16-,17+,18-,20?,21+,22-,23+/m1/s1. The number of hydrogen-bond acceptors (Lipinski definition) is 3. The van der Waals surface area contributed by atoms with Gasteiger partial charge < -0.3 is 9.47 Å². The zero-order valence-electron chi connectivity index (χ0n) is 16.3. The van der Waals surface area contributed by atoms with Gasteiger partial charge in [-0.3, -0.25) is 0 Å². The molecule has 6 rings (SSSR count). The molecule has 26 heavy (non-hydrogen) atoms. The maximum Gasteiger partial charge on any atom is 0.333 e. The predicted octanol–water partition coefficient (Wildman–Crippen LogP) is 5.00. The maximum absolute atomic E-state index is 11.9. The van der Waals surface area contributed by atoms with Gasteiger partial charge in [-0.1, -0.05) is 26.7 Å². The van der Waals surface area contributed by atoms with Gasteiger partial charge in [0.25, 0.3) is 0 Å². The molecule has 0 amide bonds. The Bertz CT molecular complexity index is 698. The van der Waals surface area contributed by atoms with E-state index in [0.717, 1.165) is 17.4 Å². The summed E-state index contributed by atoms with van der Waals surface area (Å²) in [5.41, 5.74) is 1.81. The maximum atomic E-state index is 11.9. The van der Waals surface area contributed by atoms with E-state index >= 15 is 0 Å². The summed E-state index contributed by atoms with van der Waals surface area (Å²) in [6.45, 7) is 5.10. The molecular weight excluding hydrogens is 324 g/mol. The predicted molar refractivity (Wildman–Crippen MR) is 98.1 cm³/mol. The largest absolute Gasteiger partial charge is 0.428 e. The van der Waals surface area contributed by atoms with E-state index < -0.39 is 0 Å². The average molecular weight is 357 g/mol. The summed E-state index contributed by atoms with van der Waals surface area (Å²) in [5.74, 6) is 2.70. The second-order valence-electron chi connectivity index (χ2n) is 10.7. The molecule has 3 nitrogen and oxygen atoms in total. The number of carbonyl (C=O) groups excluding carboxylic acids is 1. The molecule has 2 bridgehead atoms. The van der Waals surface area contributed by atoms with Crippen molar-refractivity contribution in [2.24, 2.45) is 34.5 Å². The molecule has 3 heteroatoms. The van der Waals surface area contributed by atoms with Gasteiger partial charge in [0, 0.05) is 17.1 Å². The van der Waals surface area contributed by atoms with Crippen molar-refractivity contribution in [1.29, 1.82) is 0 Å². The van der Waals surface area contributed by atoms with Gasteiger partial charge >= 0.3 is 5.97 Å². The van der Waals surface area contributed by atoms with Crippen LogP contribution in [-0.2, 0) is 14.3 Å². The van der Waals surface area contributed by atoms with Crippen LogP contribution in [0.2, 0.25) is 0 Å². The lowest BCUT2D eigenvalue weighted by molar-refractivity contribution is -0.292. The molecule has 0 spiro atoms. The quantitative estimate of drug-likeness (QED) is 0.573. The van der Waals surface area contributed by atoms with E-state index in [1.54, 1.807) is 6.08 Å². The molecule has 0 aromatic rings. The van der Waals surface area contributed by atoms with Gasteiger partial charge in [0.1, 0.15) is 0 Å². The summed E-state index contributed by atoms with van der Waals surface area (Å²) in [7, 11) is 0. The Labute approximate surface area is 156 Å². The molecule has 1 saturated heterocycles. The van der Waals surface area contributed by atoms with Crippen molar-refractivity contribution >= 4 is 5.97 Å². The fraction of sp³-hybridized carbons (Fsp3) is 0.870. The lowest BCUT2D eigenvalue weighted by Crippen LogP contribution is -2.65. The topological polar surface area (TPSA) is 35.5 Å². The first kappa shape index (κ1) is 16.2. The molecular formula is C23H32O3. The third-order valence-corrected chi connectivity index (χ3v) is 10.2. The Morgan fingerprint density at radius 2 is 1.85 bits per heavy atom. The van der Waals surface area contributed by atoms with Crippen LogP contribution in [0.5, 0.6) is 0 Å². The molecule has 0 aromatic carbocycles. The molecule has 0 aromatic heterocycles. The van der Waals surface area contributed by atoms with E-state index in [1.165, 1.54) is 64.2 Å². The third-order valence-electron chi connectivity index (χ3n) is 10.2. The molecule has 0 radical (unpaired) electrons. The van der Waals surface area contributed by atoms with Gasteiger partial charge in [-0.05, 0) is 80.5 Å². The van der Waals surface area contributed by atoms with Crippen molar-refractivity contribution in [2.75, 3.05) is 0 Å². The Morgan fingerprint density at radius 3 is 2.73 bits per heavy atom. The summed E-state index contributed by atoms with van der Waals surface area (Å²) in [4.78, 5) is 11.9. The smallest absolute Gasteiger partial charge is 0.333 e. The zero-order valence-corrected chi connectivity index (χ0v) is 16.3. The van der Waals surface area contributed by atoms with Crippen LogP contribution >= 0.6 is 0 Å². The summed E-state index contributed by atoms with van der Waals surface area (Å²) in [6, 6.07) is 0. The highest BCUT2D eigenvalue weighted by molar-refractivity contribution is 5.86. The third kappa shape index (κ3) is 1.69. The van der Waals surface area contributed by atoms with E-state index in [2.05, 4.69) is 13.8 Å². The summed E-state index contributed by atoms with van der Waals surface area (Å²) in [5, 5.41) is 0. The first-order valence-corrected chi connectivity index (χ1v) is 11.1. The van der Waals surface area contributed by atoms with Crippen LogP contribution in [0.25, 0.3) is 0 Å². The van der Waals surface area contributed by atoms with Crippen LogP contribution in [0, 0.1) is 34.5 Å². The molecule has 4 aliphatic carbocycles. The molecule has 6 aliphatic rings. The Morgan fingerprint density at radius 1 is 0.962 bits per heavy atom. The minimum absolute atomic E-state index is 0.0569. The number of ether oxygens (including phenoxy) is 2. The monoisotopic (exact) mass is 356 g/mol. The number of carbonyl (C=O) groups is 1. The van der Waals surface area contributed by atoms with Crippen LogP contribution in [0.4, 0.5) is 0 Å². The van der Waals surface area contributed by atoms with E-state index in [1.807, 2.05) is 0 Å². The zero-order chi connectivity index (χ0) is 17.7. The number of fused-ring (bicyclic) bond motifs is 5. The minimum Gasteiger partial charge on any atom is -0.428 e. The molecule has 4 saturated carbocycles. The Balaban J connectivity index is 1.43. The van der Waals surface area contributed by atoms with Crippen LogP contribution in [0.1, 0.15) is 78.1 Å². The molecule has 2 aliphatic heterocycles. The number of esters is 1. The lowest BCUT2D eigenvalue weighted by atomic mass is 9.43. The first-order valence-electron chi connectivity index (χ1n) is 11.1. The van der Waals surface area contributed by atoms with E-state index in [4.69, 9.17) is 9.47 Å². The van der Waals surface area contributed by atoms with E-state index in [-0.39, 0.29) is 23.3 Å². The van der Waals surface area contributed by atoms with Crippen molar-refractivity contribution in [3.05, 3.63) is 11.6 Å².